The number of fused-ring (bicyclic) bond motifs is 1. The summed E-state index contributed by atoms with van der Waals surface area (Å²) in [6.45, 7) is 10.8. The Hall–Kier alpha value is -0.890. The Balaban J connectivity index is 1.92. The van der Waals surface area contributed by atoms with Gasteiger partial charge in [0.05, 0.1) is 0 Å². The molecule has 0 spiro atoms. The molecule has 22 heavy (non-hydrogen) atoms. The quantitative estimate of drug-likeness (QED) is 0.598. The second-order valence-corrected chi connectivity index (χ2v) is 8.86. The minimum absolute atomic E-state index is 0.404. The summed E-state index contributed by atoms with van der Waals surface area (Å²) in [5.41, 5.74) is 3.79. The molecule has 1 aromatic heterocycles. The minimum Gasteiger partial charge on any atom is -0.347 e. The zero-order valence-corrected chi connectivity index (χ0v) is 15.5. The van der Waals surface area contributed by atoms with E-state index in [1.807, 2.05) is 11.8 Å². The molecule has 0 radical (unpaired) electrons. The number of aryl methyl sites for hydroxylation is 1. The highest BCUT2D eigenvalue weighted by Gasteiger charge is 2.65. The van der Waals surface area contributed by atoms with Gasteiger partial charge in [-0.3, -0.25) is 0 Å². The molecule has 0 aliphatic heterocycles. The molecule has 1 aromatic carbocycles. The minimum atomic E-state index is 0.404. The Labute approximate surface area is 139 Å². The summed E-state index contributed by atoms with van der Waals surface area (Å²) >= 11 is 1.95. The molecule has 0 N–H and O–H groups in total. The zero-order chi connectivity index (χ0) is 16.0. The SMILES string of the molecule is CSCCCCn1cc(C2C(C)(C)C2(C)C)c2ccccc21. The van der Waals surface area contributed by atoms with Gasteiger partial charge in [0.25, 0.3) is 0 Å². The van der Waals surface area contributed by atoms with Gasteiger partial charge in [0.15, 0.2) is 0 Å². The lowest BCUT2D eigenvalue weighted by molar-refractivity contribution is 0.457. The molecule has 120 valence electrons. The molecule has 1 saturated carbocycles. The lowest BCUT2D eigenvalue weighted by Gasteiger charge is -2.04. The second kappa shape index (κ2) is 5.63. The molecule has 0 bridgehead atoms. The van der Waals surface area contributed by atoms with Gasteiger partial charge in [0.2, 0.25) is 0 Å². The molecule has 1 heterocycles. The first-order valence-electron chi connectivity index (χ1n) is 8.48. The third-order valence-corrected chi connectivity index (χ3v) is 6.85. The normalized spacial score (nSPS) is 19.7. The van der Waals surface area contributed by atoms with E-state index < -0.39 is 0 Å². The summed E-state index contributed by atoms with van der Waals surface area (Å²) < 4.78 is 2.50. The molecular weight excluding hydrogens is 286 g/mol. The molecule has 0 saturated heterocycles. The van der Waals surface area contributed by atoms with Crippen LogP contribution in [0.25, 0.3) is 10.9 Å². The van der Waals surface area contributed by atoms with Gasteiger partial charge >= 0.3 is 0 Å². The number of thioether (sulfide) groups is 1. The van der Waals surface area contributed by atoms with E-state index in [4.69, 9.17) is 0 Å². The summed E-state index contributed by atoms with van der Waals surface area (Å²) in [6, 6.07) is 8.96. The number of hydrogen-bond acceptors (Lipinski definition) is 1. The molecule has 1 fully saturated rings. The highest BCUT2D eigenvalue weighted by atomic mass is 32.2. The molecule has 0 amide bonds. The van der Waals surface area contributed by atoms with Crippen LogP contribution in [0.2, 0.25) is 0 Å². The molecule has 1 aliphatic carbocycles. The molecular formula is C20H29NS. The zero-order valence-electron chi connectivity index (χ0n) is 14.6. The first kappa shape index (κ1) is 16.0. The molecule has 2 aromatic rings. The monoisotopic (exact) mass is 315 g/mol. The first-order valence-corrected chi connectivity index (χ1v) is 9.87. The number of unbranched alkanes of at least 4 members (excludes halogenated alkanes) is 1. The highest BCUT2D eigenvalue weighted by molar-refractivity contribution is 7.98. The predicted octanol–water partition coefficient (Wildman–Crippen LogP) is 5.93. The van der Waals surface area contributed by atoms with Crippen LogP contribution in [0.4, 0.5) is 0 Å². The third-order valence-electron chi connectivity index (χ3n) is 6.15. The van der Waals surface area contributed by atoms with Gasteiger partial charge in [-0.15, -0.1) is 0 Å². The number of aromatic nitrogens is 1. The van der Waals surface area contributed by atoms with Crippen molar-refractivity contribution in [2.24, 2.45) is 10.8 Å². The van der Waals surface area contributed by atoms with Crippen LogP contribution in [0.1, 0.15) is 52.0 Å². The van der Waals surface area contributed by atoms with Gasteiger partial charge in [0, 0.05) is 23.6 Å². The van der Waals surface area contributed by atoms with Gasteiger partial charge in [-0.05, 0) is 53.2 Å². The van der Waals surface area contributed by atoms with Crippen LogP contribution in [0, 0.1) is 10.8 Å². The van der Waals surface area contributed by atoms with E-state index in [-0.39, 0.29) is 0 Å². The van der Waals surface area contributed by atoms with Gasteiger partial charge in [-0.1, -0.05) is 45.9 Å². The second-order valence-electron chi connectivity index (χ2n) is 7.87. The fraction of sp³-hybridized carbons (Fsp3) is 0.600. The lowest BCUT2D eigenvalue weighted by atomic mass is 10.0. The van der Waals surface area contributed by atoms with Crippen molar-refractivity contribution in [1.29, 1.82) is 0 Å². The summed E-state index contributed by atoms with van der Waals surface area (Å²) in [5, 5.41) is 1.47. The Morgan fingerprint density at radius 1 is 1.05 bits per heavy atom. The summed E-state index contributed by atoms with van der Waals surface area (Å²) in [7, 11) is 0. The van der Waals surface area contributed by atoms with Crippen LogP contribution < -0.4 is 0 Å². The molecule has 2 heteroatoms. The fourth-order valence-corrected chi connectivity index (χ4v) is 4.69. The van der Waals surface area contributed by atoms with Gasteiger partial charge < -0.3 is 4.57 Å². The van der Waals surface area contributed by atoms with E-state index in [1.165, 1.54) is 29.5 Å². The van der Waals surface area contributed by atoms with Crippen LogP contribution in [0.15, 0.2) is 30.5 Å². The average Bonchev–Trinajstić information content (AvgIpc) is 2.77. The Bertz CT molecular complexity index is 651. The van der Waals surface area contributed by atoms with Crippen LogP contribution >= 0.6 is 11.8 Å². The van der Waals surface area contributed by atoms with Crippen molar-refractivity contribution in [3.8, 4) is 0 Å². The van der Waals surface area contributed by atoms with E-state index >= 15 is 0 Å². The maximum absolute atomic E-state index is 2.50. The van der Waals surface area contributed by atoms with Gasteiger partial charge in [-0.25, -0.2) is 0 Å². The van der Waals surface area contributed by atoms with E-state index in [0.717, 1.165) is 6.54 Å². The van der Waals surface area contributed by atoms with Crippen molar-refractivity contribution in [3.63, 3.8) is 0 Å². The largest absolute Gasteiger partial charge is 0.347 e. The van der Waals surface area contributed by atoms with Crippen molar-refractivity contribution in [2.45, 2.75) is 53.0 Å². The van der Waals surface area contributed by atoms with Crippen molar-refractivity contribution < 1.29 is 0 Å². The number of nitrogens with zero attached hydrogens (tertiary/aromatic N) is 1. The van der Waals surface area contributed by atoms with E-state index in [0.29, 0.717) is 16.7 Å². The standard InChI is InChI=1S/C20H29NS/c1-19(2)18(20(19,3)4)16-14-21(12-8-9-13-22-5)17-11-7-6-10-15(16)17/h6-7,10-11,14,18H,8-9,12-13H2,1-5H3. The fourth-order valence-electron chi connectivity index (χ4n) is 4.19. The summed E-state index contributed by atoms with van der Waals surface area (Å²) in [4.78, 5) is 0. The maximum Gasteiger partial charge on any atom is 0.0483 e. The first-order chi connectivity index (χ1) is 10.4. The summed E-state index contributed by atoms with van der Waals surface area (Å²) in [6.07, 6.45) is 7.23. The highest BCUT2D eigenvalue weighted by Crippen LogP contribution is 2.74. The number of rotatable bonds is 6. The Kier molecular flexibility index (Phi) is 4.09. The molecule has 0 atom stereocenters. The molecule has 3 rings (SSSR count). The van der Waals surface area contributed by atoms with Crippen molar-refractivity contribution in [2.75, 3.05) is 12.0 Å². The molecule has 1 nitrogen and oxygen atoms in total. The van der Waals surface area contributed by atoms with E-state index in [2.05, 4.69) is 69.0 Å². The van der Waals surface area contributed by atoms with E-state index in [9.17, 15) is 0 Å². The molecule has 0 unspecified atom stereocenters. The number of hydrogen-bond donors (Lipinski definition) is 0. The smallest absolute Gasteiger partial charge is 0.0483 e. The summed E-state index contributed by atoms with van der Waals surface area (Å²) in [5.74, 6) is 1.95. The van der Waals surface area contributed by atoms with E-state index in [1.54, 1.807) is 5.56 Å². The lowest BCUT2D eigenvalue weighted by Crippen LogP contribution is -1.96. The van der Waals surface area contributed by atoms with Crippen molar-refractivity contribution in [1.82, 2.24) is 4.57 Å². The van der Waals surface area contributed by atoms with Crippen molar-refractivity contribution >= 4 is 22.7 Å². The Morgan fingerprint density at radius 2 is 1.73 bits per heavy atom. The van der Waals surface area contributed by atoms with Crippen molar-refractivity contribution in [3.05, 3.63) is 36.0 Å². The third kappa shape index (κ3) is 2.40. The predicted molar refractivity (Wildman–Crippen MR) is 99.9 cm³/mol. The number of para-hydroxylation sites is 1. The van der Waals surface area contributed by atoms with Gasteiger partial charge in [-0.2, -0.15) is 11.8 Å². The maximum atomic E-state index is 2.50. The van der Waals surface area contributed by atoms with Crippen LogP contribution in [0.5, 0.6) is 0 Å². The molecule has 1 aliphatic rings. The Morgan fingerprint density at radius 3 is 2.36 bits per heavy atom. The van der Waals surface area contributed by atoms with Gasteiger partial charge in [0.1, 0.15) is 0 Å². The number of benzene rings is 1. The average molecular weight is 316 g/mol. The van der Waals surface area contributed by atoms with Crippen LogP contribution in [0.3, 0.4) is 0 Å². The topological polar surface area (TPSA) is 4.93 Å². The van der Waals surface area contributed by atoms with Crippen LogP contribution in [-0.2, 0) is 6.54 Å². The van der Waals surface area contributed by atoms with Crippen LogP contribution in [-0.4, -0.2) is 16.6 Å².